The van der Waals surface area contributed by atoms with E-state index in [9.17, 15) is 0 Å². The molecule has 4 heteroatoms. The van der Waals surface area contributed by atoms with Crippen LogP contribution in [-0.2, 0) is 11.2 Å². The fourth-order valence-corrected chi connectivity index (χ4v) is 3.20. The van der Waals surface area contributed by atoms with E-state index in [4.69, 9.17) is 14.2 Å². The topological polar surface area (TPSA) is 39.7 Å². The lowest BCUT2D eigenvalue weighted by Crippen LogP contribution is -2.31. The van der Waals surface area contributed by atoms with Crippen molar-refractivity contribution in [1.29, 1.82) is 0 Å². The Bertz CT molecular complexity index is 451. The average Bonchev–Trinajstić information content (AvgIpc) is 3.03. The van der Waals surface area contributed by atoms with E-state index < -0.39 is 0 Å². The van der Waals surface area contributed by atoms with Crippen LogP contribution in [0.25, 0.3) is 0 Å². The third-order valence-electron chi connectivity index (χ3n) is 4.36. The second kappa shape index (κ2) is 7.14. The Kier molecular flexibility index (Phi) is 4.99. The quantitative estimate of drug-likeness (QED) is 0.904. The van der Waals surface area contributed by atoms with Gasteiger partial charge < -0.3 is 19.5 Å². The second-order valence-electron chi connectivity index (χ2n) is 5.97. The number of benzene rings is 1. The van der Waals surface area contributed by atoms with Gasteiger partial charge in [0, 0.05) is 6.42 Å². The van der Waals surface area contributed by atoms with Gasteiger partial charge in [-0.05, 0) is 49.9 Å². The van der Waals surface area contributed by atoms with Crippen LogP contribution in [0.1, 0.15) is 24.8 Å². The molecular formula is C17H25NO3. The lowest BCUT2D eigenvalue weighted by molar-refractivity contribution is 0.137. The van der Waals surface area contributed by atoms with Crippen LogP contribution in [0.3, 0.4) is 0 Å². The molecule has 2 fully saturated rings. The molecule has 0 bridgehead atoms. The maximum absolute atomic E-state index is 6.20. The molecule has 1 N–H and O–H groups in total. The number of rotatable bonds is 5. The largest absolute Gasteiger partial charge is 0.493 e. The van der Waals surface area contributed by atoms with Crippen molar-refractivity contribution in [3.8, 4) is 11.5 Å². The smallest absolute Gasteiger partial charge is 0.164 e. The van der Waals surface area contributed by atoms with Crippen molar-refractivity contribution in [1.82, 2.24) is 5.32 Å². The first-order valence-electron chi connectivity index (χ1n) is 7.98. The number of piperidine rings is 1. The molecular weight excluding hydrogens is 266 g/mol. The van der Waals surface area contributed by atoms with Gasteiger partial charge in [-0.25, -0.2) is 0 Å². The fraction of sp³-hybridized carbons (Fsp3) is 0.647. The summed E-state index contributed by atoms with van der Waals surface area (Å²) in [5.41, 5.74) is 1.26. The molecule has 3 rings (SSSR count). The summed E-state index contributed by atoms with van der Waals surface area (Å²) in [6, 6.07) is 6.21. The van der Waals surface area contributed by atoms with Crippen LogP contribution in [0.15, 0.2) is 18.2 Å². The van der Waals surface area contributed by atoms with Crippen LogP contribution < -0.4 is 14.8 Å². The molecule has 2 unspecified atom stereocenters. The van der Waals surface area contributed by atoms with Crippen LogP contribution >= 0.6 is 0 Å². The van der Waals surface area contributed by atoms with Crippen molar-refractivity contribution in [3.63, 3.8) is 0 Å². The highest BCUT2D eigenvalue weighted by atomic mass is 16.6. The first-order chi connectivity index (χ1) is 10.4. The predicted molar refractivity (Wildman–Crippen MR) is 82.1 cm³/mol. The summed E-state index contributed by atoms with van der Waals surface area (Å²) in [5, 5.41) is 3.48. The third-order valence-corrected chi connectivity index (χ3v) is 4.36. The molecule has 0 amide bonds. The van der Waals surface area contributed by atoms with Gasteiger partial charge in [0.25, 0.3) is 0 Å². The molecule has 2 saturated heterocycles. The summed E-state index contributed by atoms with van der Waals surface area (Å²) < 4.78 is 17.1. The van der Waals surface area contributed by atoms with E-state index in [2.05, 4.69) is 17.4 Å². The van der Waals surface area contributed by atoms with Crippen LogP contribution in [-0.4, -0.2) is 39.5 Å². The molecule has 0 radical (unpaired) electrons. The van der Waals surface area contributed by atoms with E-state index >= 15 is 0 Å². The molecule has 2 aliphatic heterocycles. The van der Waals surface area contributed by atoms with Crippen LogP contribution in [0, 0.1) is 5.92 Å². The number of methoxy groups -OCH3 is 1. The van der Waals surface area contributed by atoms with Crippen molar-refractivity contribution in [2.24, 2.45) is 5.92 Å². The summed E-state index contributed by atoms with van der Waals surface area (Å²) >= 11 is 0. The number of para-hydroxylation sites is 1. The zero-order chi connectivity index (χ0) is 14.5. The van der Waals surface area contributed by atoms with E-state index in [0.29, 0.717) is 12.5 Å². The third kappa shape index (κ3) is 3.69. The van der Waals surface area contributed by atoms with Gasteiger partial charge in [-0.1, -0.05) is 12.1 Å². The lowest BCUT2D eigenvalue weighted by Gasteiger charge is -2.25. The predicted octanol–water partition coefficient (Wildman–Crippen LogP) is 2.41. The molecule has 2 aliphatic rings. The molecule has 1 aromatic carbocycles. The van der Waals surface area contributed by atoms with Gasteiger partial charge in [-0.3, -0.25) is 0 Å². The van der Waals surface area contributed by atoms with Crippen molar-refractivity contribution >= 4 is 0 Å². The summed E-state index contributed by atoms with van der Waals surface area (Å²) in [6.07, 6.45) is 4.72. The van der Waals surface area contributed by atoms with E-state index in [1.165, 1.54) is 18.4 Å². The van der Waals surface area contributed by atoms with Crippen molar-refractivity contribution in [2.75, 3.05) is 33.4 Å². The van der Waals surface area contributed by atoms with E-state index in [1.807, 2.05) is 6.07 Å². The standard InChI is InChI=1S/C17H25NO3/c1-19-16-6-2-5-14(10-13-4-3-8-18-11-13)17(16)21-15-7-9-20-12-15/h2,5-6,13,15,18H,3-4,7-12H2,1H3. The molecule has 0 saturated carbocycles. The van der Waals surface area contributed by atoms with Crippen molar-refractivity contribution in [3.05, 3.63) is 23.8 Å². The van der Waals surface area contributed by atoms with E-state index in [0.717, 1.165) is 44.0 Å². The monoisotopic (exact) mass is 291 g/mol. The Hall–Kier alpha value is -1.26. The summed E-state index contributed by atoms with van der Waals surface area (Å²) in [5.74, 6) is 2.44. The van der Waals surface area contributed by atoms with Gasteiger partial charge in [0.1, 0.15) is 6.10 Å². The number of hydrogen-bond donors (Lipinski definition) is 1. The second-order valence-corrected chi connectivity index (χ2v) is 5.97. The Balaban J connectivity index is 1.76. The highest BCUT2D eigenvalue weighted by Gasteiger charge is 2.23. The number of hydrogen-bond acceptors (Lipinski definition) is 4. The number of nitrogens with one attached hydrogen (secondary N) is 1. The zero-order valence-electron chi connectivity index (χ0n) is 12.8. The highest BCUT2D eigenvalue weighted by Crippen LogP contribution is 2.35. The van der Waals surface area contributed by atoms with Crippen LogP contribution in [0.2, 0.25) is 0 Å². The molecule has 1 aromatic rings. The van der Waals surface area contributed by atoms with Crippen molar-refractivity contribution in [2.45, 2.75) is 31.8 Å². The first-order valence-corrected chi connectivity index (χ1v) is 7.98. The SMILES string of the molecule is COc1cccc(CC2CCCNC2)c1OC1CCOC1. The maximum atomic E-state index is 6.20. The molecule has 4 nitrogen and oxygen atoms in total. The van der Waals surface area contributed by atoms with Gasteiger partial charge >= 0.3 is 0 Å². The Morgan fingerprint density at radius 2 is 2.29 bits per heavy atom. The molecule has 2 atom stereocenters. The van der Waals surface area contributed by atoms with E-state index in [1.54, 1.807) is 7.11 Å². The molecule has 0 aliphatic carbocycles. The molecule has 0 spiro atoms. The minimum Gasteiger partial charge on any atom is -0.493 e. The maximum Gasteiger partial charge on any atom is 0.164 e. The van der Waals surface area contributed by atoms with Crippen LogP contribution in [0.4, 0.5) is 0 Å². The molecule has 116 valence electrons. The van der Waals surface area contributed by atoms with Gasteiger partial charge in [0.15, 0.2) is 11.5 Å². The van der Waals surface area contributed by atoms with Gasteiger partial charge in [-0.15, -0.1) is 0 Å². The van der Waals surface area contributed by atoms with Crippen LogP contribution in [0.5, 0.6) is 11.5 Å². The zero-order valence-corrected chi connectivity index (χ0v) is 12.8. The van der Waals surface area contributed by atoms with Gasteiger partial charge in [-0.2, -0.15) is 0 Å². The van der Waals surface area contributed by atoms with Crippen molar-refractivity contribution < 1.29 is 14.2 Å². The van der Waals surface area contributed by atoms with Gasteiger partial charge in [0.2, 0.25) is 0 Å². The molecule has 2 heterocycles. The lowest BCUT2D eigenvalue weighted by atomic mass is 9.92. The van der Waals surface area contributed by atoms with Gasteiger partial charge in [0.05, 0.1) is 20.3 Å². The summed E-state index contributed by atoms with van der Waals surface area (Å²) in [4.78, 5) is 0. The normalized spacial score (nSPS) is 25.8. The highest BCUT2D eigenvalue weighted by molar-refractivity contribution is 5.47. The Morgan fingerprint density at radius 3 is 3.00 bits per heavy atom. The summed E-state index contributed by atoms with van der Waals surface area (Å²) in [7, 11) is 1.71. The first kappa shape index (κ1) is 14.7. The van der Waals surface area contributed by atoms with E-state index in [-0.39, 0.29) is 6.10 Å². The molecule has 0 aromatic heterocycles. The molecule has 21 heavy (non-hydrogen) atoms. The summed E-state index contributed by atoms with van der Waals surface area (Å²) in [6.45, 7) is 3.73. The Morgan fingerprint density at radius 1 is 1.33 bits per heavy atom. The minimum atomic E-state index is 0.157. The fourth-order valence-electron chi connectivity index (χ4n) is 3.20. The minimum absolute atomic E-state index is 0.157. The number of ether oxygens (including phenoxy) is 3. The average molecular weight is 291 g/mol. The Labute approximate surface area is 126 Å².